The molecule has 0 bridgehead atoms. The minimum absolute atomic E-state index is 0.0154. The number of carbonyl (C=O) groups is 1. The molecule has 1 atom stereocenters. The highest BCUT2D eigenvalue weighted by molar-refractivity contribution is 5.80. The average Bonchev–Trinajstić information content (AvgIpc) is 3.24. The first-order valence-corrected chi connectivity index (χ1v) is 9.88. The highest BCUT2D eigenvalue weighted by Gasteiger charge is 2.52. The van der Waals surface area contributed by atoms with E-state index < -0.39 is 5.76 Å². The monoisotopic (exact) mass is 371 g/mol. The van der Waals surface area contributed by atoms with Crippen LogP contribution in [-0.4, -0.2) is 64.7 Å². The van der Waals surface area contributed by atoms with Gasteiger partial charge in [-0.05, 0) is 44.5 Å². The van der Waals surface area contributed by atoms with Crippen LogP contribution in [0.4, 0.5) is 0 Å². The molecule has 0 saturated carbocycles. The summed E-state index contributed by atoms with van der Waals surface area (Å²) < 4.78 is 12.8. The summed E-state index contributed by atoms with van der Waals surface area (Å²) in [6.07, 6.45) is 4.90. The van der Waals surface area contributed by atoms with Crippen LogP contribution in [0, 0.1) is 0 Å². The first kappa shape index (κ1) is 17.0. The van der Waals surface area contributed by atoms with Crippen molar-refractivity contribution in [1.82, 2.24) is 14.4 Å². The number of likely N-dealkylation sites (tertiary alicyclic amines) is 2. The number of aromatic nitrogens is 1. The van der Waals surface area contributed by atoms with Crippen LogP contribution in [0.25, 0.3) is 11.1 Å². The third-order valence-corrected chi connectivity index (χ3v) is 6.27. The van der Waals surface area contributed by atoms with Gasteiger partial charge in [-0.15, -0.1) is 0 Å². The number of nitrogens with zero attached hydrogens (tertiary/aromatic N) is 3. The van der Waals surface area contributed by atoms with E-state index >= 15 is 0 Å². The molecule has 7 nitrogen and oxygen atoms in total. The predicted octanol–water partition coefficient (Wildman–Crippen LogP) is 1.45. The van der Waals surface area contributed by atoms with Crippen molar-refractivity contribution in [3.8, 4) is 0 Å². The van der Waals surface area contributed by atoms with Crippen LogP contribution >= 0.6 is 0 Å². The molecule has 27 heavy (non-hydrogen) atoms. The van der Waals surface area contributed by atoms with E-state index in [1.807, 2.05) is 12.1 Å². The second-order valence-corrected chi connectivity index (χ2v) is 8.12. The summed E-state index contributed by atoms with van der Waals surface area (Å²) in [5.41, 5.74) is 0.994. The minimum Gasteiger partial charge on any atom is -0.408 e. The van der Waals surface area contributed by atoms with Crippen molar-refractivity contribution in [3.05, 3.63) is 34.8 Å². The molecule has 3 aliphatic rings. The lowest BCUT2D eigenvalue weighted by atomic mass is 9.88. The summed E-state index contributed by atoms with van der Waals surface area (Å²) in [6, 6.07) is 7.68. The zero-order valence-electron chi connectivity index (χ0n) is 15.4. The van der Waals surface area contributed by atoms with Crippen LogP contribution in [0.1, 0.15) is 25.7 Å². The third kappa shape index (κ3) is 2.99. The van der Waals surface area contributed by atoms with Gasteiger partial charge in [-0.2, -0.15) is 0 Å². The highest BCUT2D eigenvalue weighted by atomic mass is 16.5. The van der Waals surface area contributed by atoms with Crippen molar-refractivity contribution in [2.45, 2.75) is 43.9 Å². The van der Waals surface area contributed by atoms with E-state index in [0.717, 1.165) is 13.0 Å². The van der Waals surface area contributed by atoms with Crippen LogP contribution < -0.4 is 5.76 Å². The van der Waals surface area contributed by atoms with Crippen molar-refractivity contribution in [2.75, 3.05) is 32.8 Å². The molecular weight excluding hydrogens is 346 g/mol. The topological polar surface area (TPSA) is 67.9 Å². The Balaban J connectivity index is 1.21. The molecule has 0 N–H and O–H groups in total. The first-order valence-electron chi connectivity index (χ1n) is 9.88. The Morgan fingerprint density at radius 2 is 1.93 bits per heavy atom. The van der Waals surface area contributed by atoms with Gasteiger partial charge in [0.25, 0.3) is 0 Å². The standard InChI is InChI=1S/C20H25N3O4/c24-18(11-23-16-6-2-3-7-17(16)27-19(23)25)22-13-20(14-22)10-15(12-26-20)21-8-4-1-5-9-21/h2-3,6-7,15H,1,4-5,8-14H2. The molecule has 1 amide bonds. The van der Waals surface area contributed by atoms with Gasteiger partial charge in [0.1, 0.15) is 12.1 Å². The number of piperidine rings is 1. The number of amides is 1. The van der Waals surface area contributed by atoms with Gasteiger partial charge in [0.15, 0.2) is 5.58 Å². The molecule has 1 aromatic carbocycles. The van der Waals surface area contributed by atoms with E-state index in [1.54, 1.807) is 17.0 Å². The number of oxazole rings is 1. The Morgan fingerprint density at radius 3 is 2.74 bits per heavy atom. The number of hydrogen-bond donors (Lipinski definition) is 0. The molecule has 1 unspecified atom stereocenters. The molecule has 144 valence electrons. The molecule has 2 aromatic rings. The molecule has 3 fully saturated rings. The molecule has 0 aliphatic carbocycles. The Labute approximate surface area is 157 Å². The molecule has 1 aromatic heterocycles. The molecule has 7 heteroatoms. The quantitative estimate of drug-likeness (QED) is 0.817. The van der Waals surface area contributed by atoms with Gasteiger partial charge < -0.3 is 14.1 Å². The van der Waals surface area contributed by atoms with Crippen molar-refractivity contribution in [1.29, 1.82) is 0 Å². The first-order chi connectivity index (χ1) is 13.1. The van der Waals surface area contributed by atoms with E-state index in [4.69, 9.17) is 9.15 Å². The molecule has 1 spiro atoms. The minimum atomic E-state index is -0.484. The molecule has 3 saturated heterocycles. The highest BCUT2D eigenvalue weighted by Crippen LogP contribution is 2.37. The van der Waals surface area contributed by atoms with Crippen LogP contribution in [0.3, 0.4) is 0 Å². The fourth-order valence-electron chi connectivity index (χ4n) is 4.78. The normalized spacial score (nSPS) is 25.2. The van der Waals surface area contributed by atoms with Crippen molar-refractivity contribution >= 4 is 17.0 Å². The van der Waals surface area contributed by atoms with Crippen LogP contribution in [0.2, 0.25) is 0 Å². The number of carbonyl (C=O) groups excluding carboxylic acids is 1. The molecule has 5 rings (SSSR count). The zero-order chi connectivity index (χ0) is 18.4. The maximum Gasteiger partial charge on any atom is 0.420 e. The summed E-state index contributed by atoms with van der Waals surface area (Å²) in [5.74, 6) is -0.540. The van der Waals surface area contributed by atoms with Crippen molar-refractivity contribution in [3.63, 3.8) is 0 Å². The number of ether oxygens (including phenoxy) is 1. The van der Waals surface area contributed by atoms with E-state index in [1.165, 1.54) is 36.9 Å². The fourth-order valence-corrected chi connectivity index (χ4v) is 4.78. The third-order valence-electron chi connectivity index (χ3n) is 6.27. The van der Waals surface area contributed by atoms with E-state index in [-0.39, 0.29) is 18.1 Å². The second kappa shape index (κ2) is 6.49. The molecule has 0 radical (unpaired) electrons. The molecule has 4 heterocycles. The number of fused-ring (bicyclic) bond motifs is 1. The van der Waals surface area contributed by atoms with Gasteiger partial charge in [-0.3, -0.25) is 14.3 Å². The number of hydrogen-bond acceptors (Lipinski definition) is 5. The van der Waals surface area contributed by atoms with Crippen LogP contribution in [-0.2, 0) is 16.1 Å². The smallest absolute Gasteiger partial charge is 0.408 e. The lowest BCUT2D eigenvalue weighted by Gasteiger charge is -2.47. The number of para-hydroxylation sites is 2. The van der Waals surface area contributed by atoms with Crippen LogP contribution in [0.5, 0.6) is 0 Å². The number of benzene rings is 1. The Kier molecular flexibility index (Phi) is 4.09. The number of rotatable bonds is 3. The zero-order valence-corrected chi connectivity index (χ0v) is 15.4. The van der Waals surface area contributed by atoms with Gasteiger partial charge in [0, 0.05) is 6.04 Å². The summed E-state index contributed by atoms with van der Waals surface area (Å²) in [6.45, 7) is 4.38. The molecule has 3 aliphatic heterocycles. The van der Waals surface area contributed by atoms with Gasteiger partial charge in [-0.25, -0.2) is 4.79 Å². The lowest BCUT2D eigenvalue weighted by Crippen LogP contribution is -2.64. The van der Waals surface area contributed by atoms with Crippen molar-refractivity contribution < 1.29 is 13.9 Å². The van der Waals surface area contributed by atoms with Gasteiger partial charge in [0.05, 0.1) is 25.2 Å². The van der Waals surface area contributed by atoms with E-state index in [0.29, 0.717) is 30.2 Å². The van der Waals surface area contributed by atoms with E-state index in [2.05, 4.69) is 4.90 Å². The Hall–Kier alpha value is -2.12. The van der Waals surface area contributed by atoms with Gasteiger partial charge >= 0.3 is 5.76 Å². The fraction of sp³-hybridized carbons (Fsp3) is 0.600. The van der Waals surface area contributed by atoms with Crippen molar-refractivity contribution in [2.24, 2.45) is 0 Å². The van der Waals surface area contributed by atoms with Crippen LogP contribution in [0.15, 0.2) is 33.5 Å². The predicted molar refractivity (Wildman–Crippen MR) is 99.6 cm³/mol. The van der Waals surface area contributed by atoms with E-state index in [9.17, 15) is 9.59 Å². The maximum absolute atomic E-state index is 12.7. The summed E-state index contributed by atoms with van der Waals surface area (Å²) >= 11 is 0. The summed E-state index contributed by atoms with van der Waals surface area (Å²) in [5, 5.41) is 0. The van der Waals surface area contributed by atoms with Gasteiger partial charge in [0.2, 0.25) is 5.91 Å². The second-order valence-electron chi connectivity index (χ2n) is 8.12. The lowest BCUT2D eigenvalue weighted by molar-refractivity contribution is -0.158. The SMILES string of the molecule is O=C(Cn1c(=O)oc2ccccc21)N1CC2(CC(N3CCCCC3)CO2)C1. The maximum atomic E-state index is 12.7. The molecular formula is C20H25N3O4. The average molecular weight is 371 g/mol. The Bertz CT molecular complexity index is 905. The summed E-state index contributed by atoms with van der Waals surface area (Å²) in [4.78, 5) is 29.1. The largest absolute Gasteiger partial charge is 0.420 e. The summed E-state index contributed by atoms with van der Waals surface area (Å²) in [7, 11) is 0. The Morgan fingerprint density at radius 1 is 1.15 bits per heavy atom. The van der Waals surface area contributed by atoms with Gasteiger partial charge in [-0.1, -0.05) is 18.6 Å².